The van der Waals surface area contributed by atoms with Gasteiger partial charge in [0.05, 0.1) is 6.54 Å². The molecule has 186 valence electrons. The number of amides is 2. The Morgan fingerprint density at radius 1 is 0.886 bits per heavy atom. The van der Waals surface area contributed by atoms with E-state index in [9.17, 15) is 18.4 Å². The van der Waals surface area contributed by atoms with Gasteiger partial charge >= 0.3 is 0 Å². The Labute approximate surface area is 208 Å². The number of carbonyl (C=O) groups excluding carboxylic acids is 2. The van der Waals surface area contributed by atoms with Crippen molar-refractivity contribution in [1.82, 2.24) is 9.80 Å². The normalized spacial score (nSPS) is 10.9. The molecule has 8 heteroatoms. The molecule has 0 saturated heterocycles. The maximum atomic E-state index is 13.5. The third kappa shape index (κ3) is 8.26. The van der Waals surface area contributed by atoms with E-state index in [0.29, 0.717) is 38.3 Å². The van der Waals surface area contributed by atoms with Crippen LogP contribution in [0.1, 0.15) is 39.0 Å². The standard InChI is InChI=1S/C27H30F2N2O3S/c1-3-34-16-4-15-30(27(33)22-8-12-24(29)13-9-22)19-26(32)31(18-25-14-5-20(2)35-25)17-21-6-10-23(28)11-7-21/h5-14H,3-4,15-19H2,1-2H3. The van der Waals surface area contributed by atoms with Crippen molar-refractivity contribution < 1.29 is 23.1 Å². The summed E-state index contributed by atoms with van der Waals surface area (Å²) in [7, 11) is 0. The van der Waals surface area contributed by atoms with Crippen molar-refractivity contribution in [1.29, 1.82) is 0 Å². The second-order valence-electron chi connectivity index (χ2n) is 8.17. The van der Waals surface area contributed by atoms with Crippen LogP contribution >= 0.6 is 11.3 Å². The summed E-state index contributed by atoms with van der Waals surface area (Å²) in [5, 5.41) is 0. The summed E-state index contributed by atoms with van der Waals surface area (Å²) in [5.74, 6) is -1.35. The number of hydrogen-bond donors (Lipinski definition) is 0. The molecular weight excluding hydrogens is 470 g/mol. The SMILES string of the molecule is CCOCCCN(CC(=O)N(Cc1ccc(F)cc1)Cc1ccc(C)s1)C(=O)c1ccc(F)cc1. The Kier molecular flexibility index (Phi) is 9.93. The molecule has 0 N–H and O–H groups in total. The van der Waals surface area contributed by atoms with Crippen molar-refractivity contribution >= 4 is 23.2 Å². The molecule has 0 fully saturated rings. The summed E-state index contributed by atoms with van der Waals surface area (Å²) in [6, 6.07) is 15.3. The smallest absolute Gasteiger partial charge is 0.254 e. The minimum absolute atomic E-state index is 0.131. The molecule has 3 aromatic rings. The fraction of sp³-hybridized carbons (Fsp3) is 0.333. The van der Waals surface area contributed by atoms with Crippen LogP contribution in [0.15, 0.2) is 60.7 Å². The van der Waals surface area contributed by atoms with E-state index in [1.165, 1.54) is 41.3 Å². The molecule has 0 bridgehead atoms. The quantitative estimate of drug-likeness (QED) is 0.312. The van der Waals surface area contributed by atoms with E-state index in [0.717, 1.165) is 15.3 Å². The molecule has 1 heterocycles. The predicted octanol–water partition coefficient (Wildman–Crippen LogP) is 5.43. The van der Waals surface area contributed by atoms with Crippen LogP contribution in [-0.2, 0) is 22.6 Å². The Hall–Kier alpha value is -3.10. The number of benzene rings is 2. The van der Waals surface area contributed by atoms with Crippen LogP contribution in [0.25, 0.3) is 0 Å². The first kappa shape index (κ1) is 26.5. The number of hydrogen-bond acceptors (Lipinski definition) is 4. The molecule has 0 unspecified atom stereocenters. The lowest BCUT2D eigenvalue weighted by atomic mass is 10.1. The Bertz CT molecular complexity index is 1100. The zero-order chi connectivity index (χ0) is 25.2. The molecule has 3 rings (SSSR count). The lowest BCUT2D eigenvalue weighted by Crippen LogP contribution is -2.43. The summed E-state index contributed by atoms with van der Waals surface area (Å²) in [5.41, 5.74) is 1.11. The molecule has 0 spiro atoms. The van der Waals surface area contributed by atoms with Crippen LogP contribution < -0.4 is 0 Å². The fourth-order valence-electron chi connectivity index (χ4n) is 3.59. The van der Waals surface area contributed by atoms with Gasteiger partial charge in [0, 0.05) is 41.6 Å². The van der Waals surface area contributed by atoms with E-state index < -0.39 is 5.82 Å². The van der Waals surface area contributed by atoms with Gasteiger partial charge in [0.25, 0.3) is 5.91 Å². The van der Waals surface area contributed by atoms with Gasteiger partial charge in [-0.15, -0.1) is 11.3 Å². The van der Waals surface area contributed by atoms with Gasteiger partial charge in [-0.2, -0.15) is 0 Å². The van der Waals surface area contributed by atoms with Crippen molar-refractivity contribution in [2.75, 3.05) is 26.3 Å². The van der Waals surface area contributed by atoms with Gasteiger partial charge < -0.3 is 14.5 Å². The highest BCUT2D eigenvalue weighted by Crippen LogP contribution is 2.19. The van der Waals surface area contributed by atoms with E-state index in [-0.39, 0.29) is 30.7 Å². The van der Waals surface area contributed by atoms with Crippen LogP contribution in [0.2, 0.25) is 0 Å². The summed E-state index contributed by atoms with van der Waals surface area (Å²) in [4.78, 5) is 32.0. The minimum atomic E-state index is -0.433. The van der Waals surface area contributed by atoms with Crippen LogP contribution in [0.4, 0.5) is 8.78 Å². The average Bonchev–Trinajstić information content (AvgIpc) is 3.26. The van der Waals surface area contributed by atoms with E-state index in [1.807, 2.05) is 26.0 Å². The largest absolute Gasteiger partial charge is 0.382 e. The van der Waals surface area contributed by atoms with Crippen LogP contribution in [0.5, 0.6) is 0 Å². The van der Waals surface area contributed by atoms with Gasteiger partial charge in [-0.3, -0.25) is 9.59 Å². The molecule has 5 nitrogen and oxygen atoms in total. The Balaban J connectivity index is 1.79. The van der Waals surface area contributed by atoms with E-state index in [1.54, 1.807) is 28.4 Å². The monoisotopic (exact) mass is 500 g/mol. The zero-order valence-corrected chi connectivity index (χ0v) is 20.8. The summed E-state index contributed by atoms with van der Waals surface area (Å²) >= 11 is 1.60. The topological polar surface area (TPSA) is 49.9 Å². The Morgan fingerprint density at radius 3 is 2.14 bits per heavy atom. The summed E-state index contributed by atoms with van der Waals surface area (Å²) in [6.45, 7) is 5.78. The molecule has 0 saturated carbocycles. The number of halogens is 2. The molecule has 2 aromatic carbocycles. The maximum Gasteiger partial charge on any atom is 0.254 e. The zero-order valence-electron chi connectivity index (χ0n) is 20.0. The van der Waals surface area contributed by atoms with Gasteiger partial charge in [-0.1, -0.05) is 12.1 Å². The van der Waals surface area contributed by atoms with Crippen LogP contribution in [0, 0.1) is 18.6 Å². The molecule has 0 atom stereocenters. The first-order chi connectivity index (χ1) is 16.9. The van der Waals surface area contributed by atoms with Gasteiger partial charge in [-0.25, -0.2) is 8.78 Å². The van der Waals surface area contributed by atoms with Crippen LogP contribution in [-0.4, -0.2) is 47.9 Å². The number of aryl methyl sites for hydroxylation is 1. The van der Waals surface area contributed by atoms with Gasteiger partial charge in [0.1, 0.15) is 18.2 Å². The molecule has 35 heavy (non-hydrogen) atoms. The number of ether oxygens (including phenoxy) is 1. The third-order valence-corrected chi connectivity index (χ3v) is 6.39. The molecule has 0 aliphatic rings. The first-order valence-corrected chi connectivity index (χ1v) is 12.4. The first-order valence-electron chi connectivity index (χ1n) is 11.6. The van der Waals surface area contributed by atoms with Crippen LogP contribution in [0.3, 0.4) is 0 Å². The number of carbonyl (C=O) groups is 2. The number of rotatable bonds is 12. The molecule has 2 amide bonds. The van der Waals surface area contributed by atoms with Crippen molar-refractivity contribution in [2.45, 2.75) is 33.4 Å². The molecule has 0 aliphatic heterocycles. The van der Waals surface area contributed by atoms with E-state index in [2.05, 4.69) is 0 Å². The average molecular weight is 501 g/mol. The molecular formula is C27H30F2N2O3S. The third-order valence-electron chi connectivity index (χ3n) is 5.41. The van der Waals surface area contributed by atoms with Crippen molar-refractivity contribution in [3.05, 3.63) is 93.2 Å². The lowest BCUT2D eigenvalue weighted by molar-refractivity contribution is -0.133. The molecule has 0 radical (unpaired) electrons. The van der Waals surface area contributed by atoms with Crippen molar-refractivity contribution in [3.63, 3.8) is 0 Å². The van der Waals surface area contributed by atoms with Crippen molar-refractivity contribution in [2.24, 2.45) is 0 Å². The molecule has 1 aromatic heterocycles. The second-order valence-corrected chi connectivity index (χ2v) is 9.55. The maximum absolute atomic E-state index is 13.5. The highest BCUT2D eigenvalue weighted by Gasteiger charge is 2.23. The van der Waals surface area contributed by atoms with Crippen molar-refractivity contribution in [3.8, 4) is 0 Å². The Morgan fingerprint density at radius 2 is 1.54 bits per heavy atom. The van der Waals surface area contributed by atoms with Gasteiger partial charge in [-0.05, 0) is 74.4 Å². The van der Waals surface area contributed by atoms with E-state index in [4.69, 9.17) is 4.74 Å². The minimum Gasteiger partial charge on any atom is -0.382 e. The summed E-state index contributed by atoms with van der Waals surface area (Å²) in [6.07, 6.45) is 0.566. The van der Waals surface area contributed by atoms with E-state index >= 15 is 0 Å². The molecule has 0 aliphatic carbocycles. The summed E-state index contributed by atoms with van der Waals surface area (Å²) < 4.78 is 32.2. The highest BCUT2D eigenvalue weighted by atomic mass is 32.1. The fourth-order valence-corrected chi connectivity index (χ4v) is 4.50. The predicted molar refractivity (Wildman–Crippen MR) is 133 cm³/mol. The van der Waals surface area contributed by atoms with Gasteiger partial charge in [0.15, 0.2) is 0 Å². The second kappa shape index (κ2) is 13.1. The lowest BCUT2D eigenvalue weighted by Gasteiger charge is -2.28. The van der Waals surface area contributed by atoms with Gasteiger partial charge in [0.2, 0.25) is 5.91 Å². The highest BCUT2D eigenvalue weighted by molar-refractivity contribution is 7.11. The number of nitrogens with zero attached hydrogens (tertiary/aromatic N) is 2. The number of thiophene rings is 1.